The minimum Gasteiger partial charge on any atom is -0.488 e. The highest BCUT2D eigenvalue weighted by atomic mass is 32.1. The number of hydrogen-bond acceptors (Lipinski definition) is 5. The van der Waals surface area contributed by atoms with Crippen molar-refractivity contribution >= 4 is 11.3 Å². The smallest absolute Gasteiger partial charge is 0.171 e. The van der Waals surface area contributed by atoms with E-state index in [2.05, 4.69) is 20.1 Å². The van der Waals surface area contributed by atoms with Crippen molar-refractivity contribution in [2.24, 2.45) is 15.6 Å². The normalized spacial score (nSPS) is 16.0. The number of thiophene rings is 1. The van der Waals surface area contributed by atoms with E-state index in [0.29, 0.717) is 11.5 Å². The Morgan fingerprint density at radius 3 is 2.06 bits per heavy atom. The summed E-state index contributed by atoms with van der Waals surface area (Å²) < 4.78 is 11.2. The minimum atomic E-state index is -0.616. The quantitative estimate of drug-likeness (QED) is 0.473. The predicted octanol–water partition coefficient (Wildman–Crippen LogP) is 3.13. The van der Waals surface area contributed by atoms with Crippen molar-refractivity contribution in [3.05, 3.63) is 31.6 Å². The Labute approximate surface area is 106 Å². The molecule has 1 aromatic heterocycles. The SMILES string of the molecule is [N-]=[N+]=NCC1(CN=[N+]=[N-])COc2cscc2OC1. The fourth-order valence-electron chi connectivity index (χ4n) is 1.58. The molecule has 0 amide bonds. The van der Waals surface area contributed by atoms with Gasteiger partial charge < -0.3 is 9.47 Å². The van der Waals surface area contributed by atoms with Crippen molar-refractivity contribution in [2.75, 3.05) is 26.3 Å². The van der Waals surface area contributed by atoms with Crippen LogP contribution in [-0.4, -0.2) is 26.3 Å². The summed E-state index contributed by atoms with van der Waals surface area (Å²) in [6.07, 6.45) is 0. The van der Waals surface area contributed by atoms with Crippen molar-refractivity contribution in [1.82, 2.24) is 0 Å². The Kier molecular flexibility index (Phi) is 3.78. The average molecular weight is 266 g/mol. The molecule has 1 aliphatic rings. The van der Waals surface area contributed by atoms with E-state index < -0.39 is 5.41 Å². The largest absolute Gasteiger partial charge is 0.488 e. The van der Waals surface area contributed by atoms with Gasteiger partial charge in [-0.15, -0.1) is 11.3 Å². The molecular weight excluding hydrogens is 256 g/mol. The van der Waals surface area contributed by atoms with E-state index in [0.717, 1.165) is 0 Å². The molecule has 0 atom stereocenters. The van der Waals surface area contributed by atoms with Crippen molar-refractivity contribution in [2.45, 2.75) is 0 Å². The maximum Gasteiger partial charge on any atom is 0.171 e. The first kappa shape index (κ1) is 12.4. The van der Waals surface area contributed by atoms with Crippen LogP contribution in [0.5, 0.6) is 11.5 Å². The van der Waals surface area contributed by atoms with Gasteiger partial charge in [-0.3, -0.25) is 0 Å². The van der Waals surface area contributed by atoms with Gasteiger partial charge in [-0.1, -0.05) is 10.2 Å². The molecule has 2 heterocycles. The Morgan fingerprint density at radius 1 is 1.11 bits per heavy atom. The summed E-state index contributed by atoms with van der Waals surface area (Å²) in [6.45, 7) is 0.899. The van der Waals surface area contributed by atoms with Crippen LogP contribution in [0, 0.1) is 5.41 Å². The third-order valence-electron chi connectivity index (χ3n) is 2.60. The molecule has 0 N–H and O–H groups in total. The van der Waals surface area contributed by atoms with E-state index in [1.807, 2.05) is 10.8 Å². The van der Waals surface area contributed by atoms with Gasteiger partial charge in [-0.2, -0.15) is 0 Å². The fourth-order valence-corrected chi connectivity index (χ4v) is 2.27. The van der Waals surface area contributed by atoms with Gasteiger partial charge in [0.15, 0.2) is 11.5 Å². The zero-order valence-corrected chi connectivity index (χ0v) is 10.2. The van der Waals surface area contributed by atoms with E-state index >= 15 is 0 Å². The minimum absolute atomic E-state index is 0.163. The number of azide groups is 2. The van der Waals surface area contributed by atoms with Crippen LogP contribution in [0.3, 0.4) is 0 Å². The van der Waals surface area contributed by atoms with Crippen LogP contribution in [0.15, 0.2) is 21.0 Å². The molecule has 2 rings (SSSR count). The number of hydrogen-bond donors (Lipinski definition) is 0. The first-order chi connectivity index (χ1) is 8.79. The van der Waals surface area contributed by atoms with Crippen LogP contribution in [0.4, 0.5) is 0 Å². The van der Waals surface area contributed by atoms with Gasteiger partial charge in [0.25, 0.3) is 0 Å². The van der Waals surface area contributed by atoms with Crippen molar-refractivity contribution < 1.29 is 9.47 Å². The van der Waals surface area contributed by atoms with E-state index in [1.165, 1.54) is 11.3 Å². The molecule has 0 saturated carbocycles. The molecule has 18 heavy (non-hydrogen) atoms. The standard InChI is InChI=1S/C9H10N6O2S/c10-14-12-3-9(4-13-15-11)5-16-7-1-18-2-8(7)17-6-9/h1-2H,3-6H2. The van der Waals surface area contributed by atoms with E-state index in [1.54, 1.807) is 0 Å². The average Bonchev–Trinajstić information content (AvgIpc) is 2.78. The maximum absolute atomic E-state index is 8.42. The lowest BCUT2D eigenvalue weighted by Crippen LogP contribution is -2.39. The molecule has 94 valence electrons. The molecule has 0 unspecified atom stereocenters. The van der Waals surface area contributed by atoms with E-state index in [9.17, 15) is 0 Å². The lowest BCUT2D eigenvalue weighted by atomic mass is 9.90. The van der Waals surface area contributed by atoms with Crippen molar-refractivity contribution in [1.29, 1.82) is 0 Å². The molecule has 0 aromatic carbocycles. The fraction of sp³-hybridized carbons (Fsp3) is 0.556. The summed E-state index contributed by atoms with van der Waals surface area (Å²) in [5.41, 5.74) is 16.2. The van der Waals surface area contributed by atoms with Gasteiger partial charge in [0, 0.05) is 39.1 Å². The molecular formula is C9H10N6O2S. The maximum atomic E-state index is 8.42. The molecule has 8 nitrogen and oxygen atoms in total. The first-order valence-corrected chi connectivity index (χ1v) is 6.07. The third kappa shape index (κ3) is 2.60. The number of fused-ring (bicyclic) bond motifs is 1. The summed E-state index contributed by atoms with van der Waals surface area (Å²) in [7, 11) is 0. The highest BCUT2D eigenvalue weighted by Crippen LogP contribution is 2.37. The Bertz CT molecular complexity index is 472. The summed E-state index contributed by atoms with van der Waals surface area (Å²) in [6, 6.07) is 0. The highest BCUT2D eigenvalue weighted by Gasteiger charge is 2.34. The zero-order chi connectivity index (χ0) is 12.8. The summed E-state index contributed by atoms with van der Waals surface area (Å²) in [4.78, 5) is 5.46. The van der Waals surface area contributed by atoms with Gasteiger partial charge in [-0.05, 0) is 11.1 Å². The Hall–Kier alpha value is -2.08. The monoisotopic (exact) mass is 266 g/mol. The van der Waals surface area contributed by atoms with Gasteiger partial charge in [-0.25, -0.2) is 0 Å². The van der Waals surface area contributed by atoms with Crippen LogP contribution in [0.2, 0.25) is 0 Å². The van der Waals surface area contributed by atoms with Gasteiger partial charge in [0.1, 0.15) is 0 Å². The molecule has 0 spiro atoms. The topological polar surface area (TPSA) is 116 Å². The summed E-state index contributed by atoms with van der Waals surface area (Å²) >= 11 is 1.49. The molecule has 1 aliphatic heterocycles. The van der Waals surface area contributed by atoms with Crippen LogP contribution in [-0.2, 0) is 0 Å². The molecule has 0 radical (unpaired) electrons. The molecule has 0 bridgehead atoms. The summed E-state index contributed by atoms with van der Waals surface area (Å²) in [5.74, 6) is 1.34. The molecule has 9 heteroatoms. The second-order valence-electron chi connectivity index (χ2n) is 3.96. The third-order valence-corrected chi connectivity index (χ3v) is 3.30. The lowest BCUT2D eigenvalue weighted by Gasteiger charge is -2.27. The highest BCUT2D eigenvalue weighted by molar-refractivity contribution is 7.08. The molecule has 0 fully saturated rings. The van der Waals surface area contributed by atoms with Crippen LogP contribution in [0.1, 0.15) is 0 Å². The molecule has 0 aliphatic carbocycles. The predicted molar refractivity (Wildman–Crippen MR) is 65.8 cm³/mol. The van der Waals surface area contributed by atoms with Crippen molar-refractivity contribution in [3.63, 3.8) is 0 Å². The van der Waals surface area contributed by atoms with E-state index in [-0.39, 0.29) is 26.3 Å². The number of nitrogens with zero attached hydrogens (tertiary/aromatic N) is 6. The van der Waals surface area contributed by atoms with Crippen molar-refractivity contribution in [3.8, 4) is 11.5 Å². The van der Waals surface area contributed by atoms with Gasteiger partial charge in [0.05, 0.1) is 13.2 Å². The molecule has 0 saturated heterocycles. The first-order valence-electron chi connectivity index (χ1n) is 5.13. The van der Waals surface area contributed by atoms with Gasteiger partial charge in [0.2, 0.25) is 0 Å². The molecule has 1 aromatic rings. The number of ether oxygens (including phenoxy) is 2. The Balaban J connectivity index is 2.18. The second-order valence-corrected chi connectivity index (χ2v) is 4.70. The number of rotatable bonds is 4. The van der Waals surface area contributed by atoms with E-state index in [4.69, 9.17) is 20.5 Å². The second kappa shape index (κ2) is 5.50. The van der Waals surface area contributed by atoms with Crippen LogP contribution < -0.4 is 9.47 Å². The Morgan fingerprint density at radius 2 is 1.61 bits per heavy atom. The van der Waals surface area contributed by atoms with Crippen LogP contribution in [0.25, 0.3) is 20.9 Å². The van der Waals surface area contributed by atoms with Crippen LogP contribution >= 0.6 is 11.3 Å². The summed E-state index contributed by atoms with van der Waals surface area (Å²) in [5, 5.41) is 10.8. The lowest BCUT2D eigenvalue weighted by molar-refractivity contribution is 0.119. The van der Waals surface area contributed by atoms with Gasteiger partial charge >= 0.3 is 0 Å². The zero-order valence-electron chi connectivity index (χ0n) is 9.39.